The lowest BCUT2D eigenvalue weighted by Gasteiger charge is -2.16. The Labute approximate surface area is 178 Å². The minimum atomic E-state index is -0.625. The summed E-state index contributed by atoms with van der Waals surface area (Å²) in [5.74, 6) is 0.731. The fourth-order valence-corrected chi connectivity index (χ4v) is 3.82. The van der Waals surface area contributed by atoms with Gasteiger partial charge < -0.3 is 19.2 Å². The lowest BCUT2D eigenvalue weighted by molar-refractivity contribution is 0.0938. The van der Waals surface area contributed by atoms with Crippen molar-refractivity contribution >= 4 is 16.9 Å². The highest BCUT2D eigenvalue weighted by Gasteiger charge is 2.36. The zero-order valence-corrected chi connectivity index (χ0v) is 16.8. The Morgan fingerprint density at radius 2 is 1.71 bits per heavy atom. The van der Waals surface area contributed by atoms with Gasteiger partial charge in [0.1, 0.15) is 12.2 Å². The van der Waals surface area contributed by atoms with Gasteiger partial charge in [-0.15, -0.1) is 0 Å². The summed E-state index contributed by atoms with van der Waals surface area (Å²) in [4.78, 5) is 25.6. The van der Waals surface area contributed by atoms with Gasteiger partial charge >= 0.3 is 0 Å². The third-order valence-electron chi connectivity index (χ3n) is 5.36. The first-order valence-corrected chi connectivity index (χ1v) is 9.87. The molecule has 0 bridgehead atoms. The SMILES string of the molecule is COc1cc(C2NC(=O)c3oc4ccccc4c(=O)c32)ccc1OCc1ccccc1. The molecule has 0 spiro atoms. The fourth-order valence-electron chi connectivity index (χ4n) is 3.82. The van der Waals surface area contributed by atoms with Crippen LogP contribution in [0.4, 0.5) is 0 Å². The molecule has 0 saturated heterocycles. The van der Waals surface area contributed by atoms with E-state index in [2.05, 4.69) is 5.32 Å². The molecule has 1 N–H and O–H groups in total. The second-order valence-electron chi connectivity index (χ2n) is 7.26. The molecule has 6 heteroatoms. The van der Waals surface area contributed by atoms with Crippen LogP contribution >= 0.6 is 0 Å². The van der Waals surface area contributed by atoms with Crippen LogP contribution in [0, 0.1) is 0 Å². The summed E-state index contributed by atoms with van der Waals surface area (Å²) in [6.45, 7) is 0.398. The van der Waals surface area contributed by atoms with E-state index in [9.17, 15) is 9.59 Å². The summed E-state index contributed by atoms with van der Waals surface area (Å²) < 4.78 is 17.2. The molecule has 1 aromatic heterocycles. The smallest absolute Gasteiger partial charge is 0.288 e. The van der Waals surface area contributed by atoms with Crippen LogP contribution < -0.4 is 20.2 Å². The Kier molecular flexibility index (Phi) is 4.67. The van der Waals surface area contributed by atoms with Crippen LogP contribution in [-0.4, -0.2) is 13.0 Å². The summed E-state index contributed by atoms with van der Waals surface area (Å²) in [7, 11) is 1.55. The van der Waals surface area contributed by atoms with Crippen LogP contribution in [0.25, 0.3) is 11.0 Å². The van der Waals surface area contributed by atoms with Gasteiger partial charge in [0.25, 0.3) is 5.91 Å². The first kappa shape index (κ1) is 18.9. The predicted octanol–water partition coefficient (Wildman–Crippen LogP) is 4.21. The number of ether oxygens (including phenoxy) is 2. The zero-order chi connectivity index (χ0) is 21.4. The van der Waals surface area contributed by atoms with Gasteiger partial charge in [0.15, 0.2) is 16.9 Å². The lowest BCUT2D eigenvalue weighted by atomic mass is 9.99. The van der Waals surface area contributed by atoms with E-state index in [1.807, 2.05) is 36.4 Å². The molecule has 2 heterocycles. The molecule has 4 aromatic rings. The molecule has 1 aliphatic rings. The van der Waals surface area contributed by atoms with Gasteiger partial charge in [0.2, 0.25) is 5.76 Å². The van der Waals surface area contributed by atoms with Crippen molar-refractivity contribution in [1.82, 2.24) is 5.32 Å². The number of hydrogen-bond acceptors (Lipinski definition) is 5. The molecule has 0 fully saturated rings. The minimum absolute atomic E-state index is 0.0528. The minimum Gasteiger partial charge on any atom is -0.493 e. The molecular weight excluding hydrogens is 394 g/mol. The maximum atomic E-state index is 13.1. The van der Waals surface area contributed by atoms with E-state index in [4.69, 9.17) is 13.9 Å². The Morgan fingerprint density at radius 3 is 2.52 bits per heavy atom. The standard InChI is InChI=1S/C25H19NO5/c1-29-20-13-16(11-12-19(20)30-14-15-7-3-2-4-8-15)22-21-23(27)17-9-5-6-10-18(17)31-24(21)25(28)26-22/h2-13,22H,14H2,1H3,(H,26,28). The van der Waals surface area contributed by atoms with Crippen LogP contribution in [0.3, 0.4) is 0 Å². The maximum Gasteiger partial charge on any atom is 0.288 e. The monoisotopic (exact) mass is 413 g/mol. The van der Waals surface area contributed by atoms with Crippen molar-refractivity contribution < 1.29 is 18.7 Å². The number of para-hydroxylation sites is 1. The summed E-state index contributed by atoms with van der Waals surface area (Å²) in [6, 6.07) is 21.5. The largest absolute Gasteiger partial charge is 0.493 e. The van der Waals surface area contributed by atoms with Crippen molar-refractivity contribution in [3.05, 3.63) is 105 Å². The Morgan fingerprint density at radius 1 is 0.935 bits per heavy atom. The number of carbonyl (C=O) groups excluding carboxylic acids is 1. The zero-order valence-electron chi connectivity index (χ0n) is 16.8. The molecule has 3 aromatic carbocycles. The highest BCUT2D eigenvalue weighted by molar-refractivity contribution is 5.99. The number of fused-ring (bicyclic) bond motifs is 2. The molecule has 1 unspecified atom stereocenters. The van der Waals surface area contributed by atoms with Gasteiger partial charge in [-0.2, -0.15) is 0 Å². The Bertz CT molecular complexity index is 1340. The van der Waals surface area contributed by atoms with Crippen LogP contribution in [0.1, 0.15) is 33.3 Å². The second kappa shape index (κ2) is 7.65. The van der Waals surface area contributed by atoms with Crippen LogP contribution in [0.2, 0.25) is 0 Å². The number of nitrogens with one attached hydrogen (secondary N) is 1. The van der Waals surface area contributed by atoms with E-state index in [1.54, 1.807) is 43.5 Å². The van der Waals surface area contributed by atoms with E-state index in [0.29, 0.717) is 40.2 Å². The number of amides is 1. The van der Waals surface area contributed by atoms with Crippen LogP contribution in [0.15, 0.2) is 82.0 Å². The van der Waals surface area contributed by atoms with E-state index in [-0.39, 0.29) is 11.2 Å². The van der Waals surface area contributed by atoms with Gasteiger partial charge in [-0.05, 0) is 35.4 Å². The summed E-state index contributed by atoms with van der Waals surface area (Å²) in [6.07, 6.45) is 0. The molecule has 1 aliphatic heterocycles. The van der Waals surface area contributed by atoms with Crippen molar-refractivity contribution in [1.29, 1.82) is 0 Å². The van der Waals surface area contributed by atoms with Gasteiger partial charge in [0.05, 0.1) is 24.1 Å². The maximum absolute atomic E-state index is 13.1. The molecule has 1 atom stereocenters. The van der Waals surface area contributed by atoms with Gasteiger partial charge in [-0.3, -0.25) is 9.59 Å². The molecule has 0 aliphatic carbocycles. The lowest BCUT2D eigenvalue weighted by Crippen LogP contribution is -2.22. The number of carbonyl (C=O) groups is 1. The van der Waals surface area contributed by atoms with Crippen molar-refractivity contribution in [2.24, 2.45) is 0 Å². The Balaban J connectivity index is 1.51. The topological polar surface area (TPSA) is 77.8 Å². The molecule has 5 rings (SSSR count). The van der Waals surface area contributed by atoms with Gasteiger partial charge in [0, 0.05) is 0 Å². The van der Waals surface area contributed by atoms with Crippen molar-refractivity contribution in [2.45, 2.75) is 12.6 Å². The van der Waals surface area contributed by atoms with Crippen molar-refractivity contribution in [3.63, 3.8) is 0 Å². The Hall–Kier alpha value is -4.06. The van der Waals surface area contributed by atoms with Crippen molar-refractivity contribution in [3.8, 4) is 11.5 Å². The molecule has 154 valence electrons. The molecule has 1 amide bonds. The number of benzene rings is 3. The van der Waals surface area contributed by atoms with E-state index in [0.717, 1.165) is 5.56 Å². The van der Waals surface area contributed by atoms with Gasteiger partial charge in [-0.1, -0.05) is 48.5 Å². The summed E-state index contributed by atoms with van der Waals surface area (Å²) >= 11 is 0. The van der Waals surface area contributed by atoms with E-state index < -0.39 is 11.9 Å². The molecular formula is C25H19NO5. The number of methoxy groups -OCH3 is 1. The number of hydrogen-bond donors (Lipinski definition) is 1. The molecule has 31 heavy (non-hydrogen) atoms. The van der Waals surface area contributed by atoms with Crippen LogP contribution in [-0.2, 0) is 6.61 Å². The average Bonchev–Trinajstić information content (AvgIpc) is 3.15. The predicted molar refractivity (Wildman–Crippen MR) is 116 cm³/mol. The third kappa shape index (κ3) is 3.32. The normalized spacial score (nSPS) is 14.9. The average molecular weight is 413 g/mol. The summed E-state index contributed by atoms with van der Waals surface area (Å²) in [5, 5.41) is 3.29. The first-order valence-electron chi connectivity index (χ1n) is 9.87. The fraction of sp³-hybridized carbons (Fsp3) is 0.120. The highest BCUT2D eigenvalue weighted by Crippen LogP contribution is 2.36. The first-order chi connectivity index (χ1) is 15.2. The summed E-state index contributed by atoms with van der Waals surface area (Å²) in [5.41, 5.74) is 2.23. The molecule has 0 radical (unpaired) electrons. The second-order valence-corrected chi connectivity index (χ2v) is 7.26. The van der Waals surface area contributed by atoms with E-state index in [1.165, 1.54) is 0 Å². The molecule has 6 nitrogen and oxygen atoms in total. The quantitative estimate of drug-likeness (QED) is 0.530. The van der Waals surface area contributed by atoms with Gasteiger partial charge in [-0.25, -0.2) is 0 Å². The molecule has 0 saturated carbocycles. The highest BCUT2D eigenvalue weighted by atomic mass is 16.5. The van der Waals surface area contributed by atoms with E-state index >= 15 is 0 Å². The number of rotatable bonds is 5. The van der Waals surface area contributed by atoms with Crippen molar-refractivity contribution in [2.75, 3.05) is 7.11 Å². The van der Waals surface area contributed by atoms with Crippen LogP contribution in [0.5, 0.6) is 11.5 Å². The third-order valence-corrected chi connectivity index (χ3v) is 5.36.